The van der Waals surface area contributed by atoms with Crippen molar-refractivity contribution in [2.24, 2.45) is 0 Å². The standard InChI is InChI=1S/C16H26N2O2/c1-4-18(5-2)10-9-17-15-8-11-20-16-7-6-13(19-3)12-14(15)16/h6-7,12,15,17H,4-5,8-11H2,1-3H3. The second-order valence-electron chi connectivity index (χ2n) is 5.07. The van der Waals surface area contributed by atoms with Crippen LogP contribution < -0.4 is 14.8 Å². The van der Waals surface area contributed by atoms with E-state index in [0.29, 0.717) is 6.04 Å². The molecule has 1 aliphatic rings. The highest BCUT2D eigenvalue weighted by Crippen LogP contribution is 2.34. The number of likely N-dealkylation sites (N-methyl/N-ethyl adjacent to an activating group) is 1. The van der Waals surface area contributed by atoms with Crippen LogP contribution >= 0.6 is 0 Å². The highest BCUT2D eigenvalue weighted by molar-refractivity contribution is 5.43. The number of ether oxygens (including phenoxy) is 2. The molecule has 1 aliphatic heterocycles. The zero-order chi connectivity index (χ0) is 14.4. The molecule has 0 radical (unpaired) electrons. The fraction of sp³-hybridized carbons (Fsp3) is 0.625. The fourth-order valence-corrected chi connectivity index (χ4v) is 2.65. The Morgan fingerprint density at radius 3 is 2.85 bits per heavy atom. The van der Waals surface area contributed by atoms with Gasteiger partial charge >= 0.3 is 0 Å². The predicted molar refractivity (Wildman–Crippen MR) is 81.6 cm³/mol. The van der Waals surface area contributed by atoms with Crippen LogP contribution in [0.15, 0.2) is 18.2 Å². The fourth-order valence-electron chi connectivity index (χ4n) is 2.65. The lowest BCUT2D eigenvalue weighted by Crippen LogP contribution is -2.35. The Bertz CT molecular complexity index is 419. The van der Waals surface area contributed by atoms with Crippen LogP contribution in [-0.4, -0.2) is 44.8 Å². The summed E-state index contributed by atoms with van der Waals surface area (Å²) in [4.78, 5) is 2.43. The Hall–Kier alpha value is -1.26. The summed E-state index contributed by atoms with van der Waals surface area (Å²) in [5.41, 5.74) is 1.22. The van der Waals surface area contributed by atoms with E-state index in [0.717, 1.165) is 50.7 Å². The third-order valence-electron chi connectivity index (χ3n) is 3.97. The quantitative estimate of drug-likeness (QED) is 0.830. The van der Waals surface area contributed by atoms with E-state index in [2.05, 4.69) is 30.1 Å². The second-order valence-corrected chi connectivity index (χ2v) is 5.07. The normalized spacial score (nSPS) is 17.7. The molecule has 0 amide bonds. The van der Waals surface area contributed by atoms with Crippen LogP contribution in [-0.2, 0) is 0 Å². The number of benzene rings is 1. The van der Waals surface area contributed by atoms with Crippen LogP contribution in [0.4, 0.5) is 0 Å². The molecule has 4 nitrogen and oxygen atoms in total. The third kappa shape index (κ3) is 3.64. The molecule has 1 heterocycles. The summed E-state index contributed by atoms with van der Waals surface area (Å²) in [5, 5.41) is 3.65. The SMILES string of the molecule is CCN(CC)CCNC1CCOc2ccc(OC)cc21. The number of fused-ring (bicyclic) bond motifs is 1. The lowest BCUT2D eigenvalue weighted by molar-refractivity contribution is 0.242. The molecular formula is C16H26N2O2. The van der Waals surface area contributed by atoms with Crippen LogP contribution in [0.5, 0.6) is 11.5 Å². The summed E-state index contributed by atoms with van der Waals surface area (Å²) in [6.07, 6.45) is 1.01. The Labute approximate surface area is 122 Å². The van der Waals surface area contributed by atoms with E-state index in [-0.39, 0.29) is 0 Å². The number of hydrogen-bond acceptors (Lipinski definition) is 4. The van der Waals surface area contributed by atoms with Gasteiger partial charge in [0.2, 0.25) is 0 Å². The molecule has 1 aromatic carbocycles. The van der Waals surface area contributed by atoms with E-state index >= 15 is 0 Å². The molecule has 112 valence electrons. The summed E-state index contributed by atoms with van der Waals surface area (Å²) >= 11 is 0. The van der Waals surface area contributed by atoms with Gasteiger partial charge in [-0.3, -0.25) is 0 Å². The molecule has 1 N–H and O–H groups in total. The molecule has 1 aromatic rings. The zero-order valence-corrected chi connectivity index (χ0v) is 12.8. The Kier molecular flexibility index (Phi) is 5.68. The lowest BCUT2D eigenvalue weighted by atomic mass is 10.00. The zero-order valence-electron chi connectivity index (χ0n) is 12.8. The third-order valence-corrected chi connectivity index (χ3v) is 3.97. The van der Waals surface area contributed by atoms with Gasteiger partial charge in [-0.25, -0.2) is 0 Å². The molecule has 0 bridgehead atoms. The van der Waals surface area contributed by atoms with Crippen molar-refractivity contribution in [3.05, 3.63) is 23.8 Å². The van der Waals surface area contributed by atoms with Crippen LogP contribution in [0.3, 0.4) is 0 Å². The first-order chi connectivity index (χ1) is 9.78. The number of nitrogens with zero attached hydrogens (tertiary/aromatic N) is 1. The van der Waals surface area contributed by atoms with Crippen molar-refractivity contribution in [2.75, 3.05) is 39.9 Å². The molecule has 0 aromatic heterocycles. The Morgan fingerprint density at radius 1 is 1.35 bits per heavy atom. The van der Waals surface area contributed by atoms with Gasteiger partial charge in [0.15, 0.2) is 0 Å². The number of nitrogens with one attached hydrogen (secondary N) is 1. The Balaban J connectivity index is 1.97. The molecule has 2 rings (SSSR count). The second kappa shape index (κ2) is 7.50. The van der Waals surface area contributed by atoms with Gasteiger partial charge in [0.05, 0.1) is 13.7 Å². The van der Waals surface area contributed by atoms with Gasteiger partial charge in [-0.1, -0.05) is 13.8 Å². The van der Waals surface area contributed by atoms with E-state index in [1.165, 1.54) is 5.56 Å². The van der Waals surface area contributed by atoms with Crippen molar-refractivity contribution in [3.63, 3.8) is 0 Å². The van der Waals surface area contributed by atoms with Gasteiger partial charge in [-0.2, -0.15) is 0 Å². The predicted octanol–water partition coefficient (Wildman–Crippen LogP) is 2.45. The van der Waals surface area contributed by atoms with Gasteiger partial charge in [-0.05, 0) is 31.3 Å². The van der Waals surface area contributed by atoms with E-state index < -0.39 is 0 Å². The minimum atomic E-state index is 0.365. The first kappa shape index (κ1) is 15.1. The van der Waals surface area contributed by atoms with Gasteiger partial charge in [0.25, 0.3) is 0 Å². The summed E-state index contributed by atoms with van der Waals surface area (Å²) in [6, 6.07) is 6.41. The smallest absolute Gasteiger partial charge is 0.124 e. The maximum Gasteiger partial charge on any atom is 0.124 e. The topological polar surface area (TPSA) is 33.7 Å². The molecule has 0 spiro atoms. The maximum atomic E-state index is 5.72. The highest BCUT2D eigenvalue weighted by Gasteiger charge is 2.21. The van der Waals surface area contributed by atoms with Crippen molar-refractivity contribution in [1.29, 1.82) is 0 Å². The lowest BCUT2D eigenvalue weighted by Gasteiger charge is -2.28. The molecule has 0 aliphatic carbocycles. The van der Waals surface area contributed by atoms with Crippen LogP contribution in [0, 0.1) is 0 Å². The monoisotopic (exact) mass is 278 g/mol. The van der Waals surface area contributed by atoms with Crippen molar-refractivity contribution >= 4 is 0 Å². The van der Waals surface area contributed by atoms with Gasteiger partial charge in [0, 0.05) is 31.1 Å². The number of rotatable bonds is 7. The molecule has 1 unspecified atom stereocenters. The van der Waals surface area contributed by atoms with Crippen LogP contribution in [0.25, 0.3) is 0 Å². The number of hydrogen-bond donors (Lipinski definition) is 1. The summed E-state index contributed by atoms with van der Waals surface area (Å²) in [7, 11) is 1.70. The summed E-state index contributed by atoms with van der Waals surface area (Å²) < 4.78 is 11.0. The molecule has 0 fully saturated rings. The van der Waals surface area contributed by atoms with Gasteiger partial charge in [-0.15, -0.1) is 0 Å². The van der Waals surface area contributed by atoms with Crippen molar-refractivity contribution in [2.45, 2.75) is 26.3 Å². The average Bonchev–Trinajstić information content (AvgIpc) is 2.51. The molecular weight excluding hydrogens is 252 g/mol. The van der Waals surface area contributed by atoms with Crippen molar-refractivity contribution in [1.82, 2.24) is 10.2 Å². The average molecular weight is 278 g/mol. The van der Waals surface area contributed by atoms with Crippen LogP contribution in [0.1, 0.15) is 31.9 Å². The minimum Gasteiger partial charge on any atom is -0.497 e. The highest BCUT2D eigenvalue weighted by atomic mass is 16.5. The van der Waals surface area contributed by atoms with Crippen molar-refractivity contribution < 1.29 is 9.47 Å². The van der Waals surface area contributed by atoms with Gasteiger partial charge in [0.1, 0.15) is 11.5 Å². The summed E-state index contributed by atoms with van der Waals surface area (Å²) in [5.74, 6) is 1.88. The van der Waals surface area contributed by atoms with Crippen LogP contribution in [0.2, 0.25) is 0 Å². The molecule has 20 heavy (non-hydrogen) atoms. The van der Waals surface area contributed by atoms with Gasteiger partial charge < -0.3 is 19.7 Å². The van der Waals surface area contributed by atoms with E-state index in [1.54, 1.807) is 7.11 Å². The molecule has 1 atom stereocenters. The number of methoxy groups -OCH3 is 1. The molecule has 0 saturated carbocycles. The first-order valence-corrected chi connectivity index (χ1v) is 7.55. The largest absolute Gasteiger partial charge is 0.497 e. The van der Waals surface area contributed by atoms with E-state index in [9.17, 15) is 0 Å². The minimum absolute atomic E-state index is 0.365. The van der Waals surface area contributed by atoms with E-state index in [1.807, 2.05) is 12.1 Å². The molecule has 4 heteroatoms. The summed E-state index contributed by atoms with van der Waals surface area (Å²) in [6.45, 7) is 9.50. The molecule has 0 saturated heterocycles. The van der Waals surface area contributed by atoms with Crippen molar-refractivity contribution in [3.8, 4) is 11.5 Å². The first-order valence-electron chi connectivity index (χ1n) is 7.55. The Morgan fingerprint density at radius 2 is 2.15 bits per heavy atom. The van der Waals surface area contributed by atoms with E-state index in [4.69, 9.17) is 9.47 Å². The maximum absolute atomic E-state index is 5.72.